The van der Waals surface area contributed by atoms with Gasteiger partial charge in [0.1, 0.15) is 0 Å². The Morgan fingerprint density at radius 2 is 2.24 bits per heavy atom. The maximum absolute atomic E-state index is 11.3. The summed E-state index contributed by atoms with van der Waals surface area (Å²) in [7, 11) is 0. The van der Waals surface area contributed by atoms with Crippen LogP contribution in [-0.4, -0.2) is 35.2 Å². The van der Waals surface area contributed by atoms with Gasteiger partial charge < -0.3 is 10.1 Å². The first-order chi connectivity index (χ1) is 10.2. The van der Waals surface area contributed by atoms with Crippen molar-refractivity contribution in [3.8, 4) is 0 Å². The number of fused-ring (bicyclic) bond motifs is 1. The normalized spacial score (nSPS) is 11.1. The number of alkyl halides is 1. The number of aromatic nitrogens is 5. The molecular formula is C12H11ClN6O2. The SMILES string of the molecule is O=[N+]([O-])c1c(Cn2cc(CCCl)nn2)nc2ccccn12. The van der Waals surface area contributed by atoms with Gasteiger partial charge in [0.25, 0.3) is 0 Å². The van der Waals surface area contributed by atoms with Crippen LogP contribution in [0.15, 0.2) is 30.6 Å². The number of aryl methyl sites for hydroxylation is 1. The van der Waals surface area contributed by atoms with Crippen molar-refractivity contribution < 1.29 is 4.92 Å². The van der Waals surface area contributed by atoms with Crippen molar-refractivity contribution in [2.75, 3.05) is 5.88 Å². The fourth-order valence-electron chi connectivity index (χ4n) is 2.11. The number of hydrogen-bond donors (Lipinski definition) is 0. The van der Waals surface area contributed by atoms with E-state index in [1.165, 1.54) is 9.08 Å². The Hall–Kier alpha value is -2.48. The molecule has 3 rings (SSSR count). The molecule has 0 bridgehead atoms. The van der Waals surface area contributed by atoms with E-state index in [9.17, 15) is 10.1 Å². The molecule has 0 atom stereocenters. The molecule has 0 fully saturated rings. The molecule has 0 unspecified atom stereocenters. The van der Waals surface area contributed by atoms with Crippen molar-refractivity contribution >= 4 is 23.1 Å². The lowest BCUT2D eigenvalue weighted by Gasteiger charge is -1.98. The van der Waals surface area contributed by atoms with E-state index in [0.717, 1.165) is 5.69 Å². The summed E-state index contributed by atoms with van der Waals surface area (Å²) >= 11 is 5.64. The number of rotatable bonds is 5. The molecule has 3 aromatic heterocycles. The molecule has 0 N–H and O–H groups in total. The molecule has 3 heterocycles. The summed E-state index contributed by atoms with van der Waals surface area (Å²) in [5.41, 5.74) is 1.62. The molecule has 0 aliphatic carbocycles. The van der Waals surface area contributed by atoms with Gasteiger partial charge in [0.05, 0.1) is 18.4 Å². The van der Waals surface area contributed by atoms with Crippen LogP contribution < -0.4 is 0 Å². The fraction of sp³-hybridized carbons (Fsp3) is 0.250. The van der Waals surface area contributed by atoms with E-state index < -0.39 is 4.92 Å². The zero-order valence-corrected chi connectivity index (χ0v) is 11.6. The Labute approximate surface area is 124 Å². The molecule has 0 aromatic carbocycles. The van der Waals surface area contributed by atoms with Crippen molar-refractivity contribution in [2.45, 2.75) is 13.0 Å². The maximum atomic E-state index is 11.3. The van der Waals surface area contributed by atoms with Crippen LogP contribution in [0.4, 0.5) is 5.82 Å². The van der Waals surface area contributed by atoms with Crippen LogP contribution in [0, 0.1) is 10.1 Å². The molecule has 0 saturated carbocycles. The van der Waals surface area contributed by atoms with Gasteiger partial charge in [-0.15, -0.1) is 16.7 Å². The third-order valence-electron chi connectivity index (χ3n) is 3.00. The maximum Gasteiger partial charge on any atom is 0.353 e. The average molecular weight is 307 g/mol. The number of imidazole rings is 1. The van der Waals surface area contributed by atoms with Crippen molar-refractivity contribution in [3.05, 3.63) is 52.1 Å². The minimum atomic E-state index is -0.439. The molecule has 21 heavy (non-hydrogen) atoms. The first-order valence-corrected chi connectivity index (χ1v) is 6.78. The molecule has 0 spiro atoms. The van der Waals surface area contributed by atoms with Crippen molar-refractivity contribution in [3.63, 3.8) is 0 Å². The Balaban J connectivity index is 1.99. The third kappa shape index (κ3) is 2.57. The van der Waals surface area contributed by atoms with E-state index in [0.29, 0.717) is 23.6 Å². The van der Waals surface area contributed by atoms with E-state index in [-0.39, 0.29) is 12.4 Å². The Morgan fingerprint density at radius 1 is 1.38 bits per heavy atom. The van der Waals surface area contributed by atoms with Gasteiger partial charge in [-0.05, 0) is 11.0 Å². The number of pyridine rings is 1. The molecule has 108 valence electrons. The monoisotopic (exact) mass is 306 g/mol. The van der Waals surface area contributed by atoms with Crippen molar-refractivity contribution in [1.29, 1.82) is 0 Å². The lowest BCUT2D eigenvalue weighted by molar-refractivity contribution is -0.391. The zero-order chi connectivity index (χ0) is 14.8. The molecule has 0 radical (unpaired) electrons. The second kappa shape index (κ2) is 5.49. The number of nitro groups is 1. The minimum Gasteiger partial charge on any atom is -0.358 e. The van der Waals surface area contributed by atoms with E-state index in [2.05, 4.69) is 15.3 Å². The van der Waals surface area contributed by atoms with Gasteiger partial charge in [-0.3, -0.25) is 0 Å². The quantitative estimate of drug-likeness (QED) is 0.406. The van der Waals surface area contributed by atoms with Crippen LogP contribution in [0.5, 0.6) is 0 Å². The summed E-state index contributed by atoms with van der Waals surface area (Å²) in [5, 5.41) is 19.2. The van der Waals surface area contributed by atoms with Crippen LogP contribution >= 0.6 is 11.6 Å². The van der Waals surface area contributed by atoms with Gasteiger partial charge in [0.2, 0.25) is 5.65 Å². The third-order valence-corrected chi connectivity index (χ3v) is 3.18. The van der Waals surface area contributed by atoms with Crippen molar-refractivity contribution in [2.24, 2.45) is 0 Å². The number of nitrogens with zero attached hydrogens (tertiary/aromatic N) is 6. The lowest BCUT2D eigenvalue weighted by Crippen LogP contribution is -2.04. The molecule has 0 amide bonds. The van der Waals surface area contributed by atoms with Gasteiger partial charge in [0.15, 0.2) is 5.69 Å². The highest BCUT2D eigenvalue weighted by Crippen LogP contribution is 2.21. The topological polar surface area (TPSA) is 91.1 Å². The van der Waals surface area contributed by atoms with Gasteiger partial charge >= 0.3 is 5.82 Å². The largest absolute Gasteiger partial charge is 0.358 e. The predicted octanol–water partition coefficient (Wildman–Crippen LogP) is 1.66. The minimum absolute atomic E-state index is 0.0556. The van der Waals surface area contributed by atoms with Crippen LogP contribution in [0.3, 0.4) is 0 Å². The van der Waals surface area contributed by atoms with Gasteiger partial charge in [-0.1, -0.05) is 11.3 Å². The van der Waals surface area contributed by atoms with Crippen molar-refractivity contribution in [1.82, 2.24) is 24.4 Å². The van der Waals surface area contributed by atoms with Gasteiger partial charge in [-0.2, -0.15) is 4.40 Å². The lowest BCUT2D eigenvalue weighted by atomic mass is 10.4. The van der Waals surface area contributed by atoms with Gasteiger partial charge in [0, 0.05) is 24.6 Å². The molecule has 9 heteroatoms. The first-order valence-electron chi connectivity index (χ1n) is 6.24. The van der Waals surface area contributed by atoms with E-state index >= 15 is 0 Å². The molecule has 0 saturated heterocycles. The second-order valence-electron chi connectivity index (χ2n) is 4.41. The zero-order valence-electron chi connectivity index (χ0n) is 10.9. The summed E-state index contributed by atoms with van der Waals surface area (Å²) in [6.45, 7) is 0.188. The molecule has 0 aliphatic heterocycles. The highest BCUT2D eigenvalue weighted by Gasteiger charge is 2.22. The smallest absolute Gasteiger partial charge is 0.353 e. The predicted molar refractivity (Wildman–Crippen MR) is 75.4 cm³/mol. The summed E-state index contributed by atoms with van der Waals surface area (Å²) in [6.07, 6.45) is 3.94. The summed E-state index contributed by atoms with van der Waals surface area (Å²) in [6, 6.07) is 5.22. The molecule has 3 aromatic rings. The highest BCUT2D eigenvalue weighted by molar-refractivity contribution is 6.17. The second-order valence-corrected chi connectivity index (χ2v) is 4.79. The summed E-state index contributed by atoms with van der Waals surface area (Å²) in [4.78, 5) is 15.1. The Morgan fingerprint density at radius 3 is 3.00 bits per heavy atom. The molecular weight excluding hydrogens is 296 g/mol. The Kier molecular flexibility index (Phi) is 3.53. The van der Waals surface area contributed by atoms with E-state index in [1.807, 2.05) is 0 Å². The number of halogens is 1. The molecule has 8 nitrogen and oxygen atoms in total. The molecule has 0 aliphatic rings. The van der Waals surface area contributed by atoms with E-state index in [4.69, 9.17) is 11.6 Å². The van der Waals surface area contributed by atoms with Crippen LogP contribution in [0.1, 0.15) is 11.4 Å². The van der Waals surface area contributed by atoms with Gasteiger partial charge in [-0.25, -0.2) is 9.67 Å². The summed E-state index contributed by atoms with van der Waals surface area (Å²) < 4.78 is 2.97. The van der Waals surface area contributed by atoms with Crippen LogP contribution in [-0.2, 0) is 13.0 Å². The fourth-order valence-corrected chi connectivity index (χ4v) is 2.31. The first kappa shape index (κ1) is 13.5. The Bertz CT molecular complexity index is 796. The average Bonchev–Trinajstić information content (AvgIpc) is 3.03. The van der Waals surface area contributed by atoms with E-state index in [1.54, 1.807) is 30.6 Å². The standard InChI is InChI=1S/C12H11ClN6O2/c13-5-4-9-7-17(16-15-9)8-10-12(19(20)21)18-6-2-1-3-11(18)14-10/h1-3,6-7H,4-5,8H2. The van der Waals surface area contributed by atoms with Crippen LogP contribution in [0.2, 0.25) is 0 Å². The van der Waals surface area contributed by atoms with Crippen LogP contribution in [0.25, 0.3) is 5.65 Å². The highest BCUT2D eigenvalue weighted by atomic mass is 35.5. The summed E-state index contributed by atoms with van der Waals surface area (Å²) in [5.74, 6) is 0.396. The number of hydrogen-bond acceptors (Lipinski definition) is 5.